The molecule has 0 radical (unpaired) electrons. The van der Waals surface area contributed by atoms with Crippen LogP contribution in [0.3, 0.4) is 0 Å². The summed E-state index contributed by atoms with van der Waals surface area (Å²) in [5, 5.41) is 0. The van der Waals surface area contributed by atoms with Gasteiger partial charge in [0.15, 0.2) is 0 Å². The highest BCUT2D eigenvalue weighted by Crippen LogP contribution is 2.33. The fourth-order valence-electron chi connectivity index (χ4n) is 2.05. The van der Waals surface area contributed by atoms with Gasteiger partial charge in [0.25, 0.3) is 0 Å². The van der Waals surface area contributed by atoms with Gasteiger partial charge in [-0.1, -0.05) is 0 Å². The molecule has 0 spiro atoms. The molecule has 0 aromatic rings. The summed E-state index contributed by atoms with van der Waals surface area (Å²) in [6.07, 6.45) is 4.12. The number of rotatable bonds is 4. The van der Waals surface area contributed by atoms with E-state index in [2.05, 4.69) is 4.90 Å². The Morgan fingerprint density at radius 3 is 2.64 bits per heavy atom. The van der Waals surface area contributed by atoms with E-state index in [1.807, 2.05) is 11.8 Å². The van der Waals surface area contributed by atoms with Crippen molar-refractivity contribution in [3.05, 3.63) is 0 Å². The van der Waals surface area contributed by atoms with Crippen molar-refractivity contribution < 1.29 is 4.79 Å². The Hall–Kier alpha value is -0.220. The summed E-state index contributed by atoms with van der Waals surface area (Å²) in [5.41, 5.74) is 5.43. The summed E-state index contributed by atoms with van der Waals surface area (Å²) in [6, 6.07) is 1.06. The normalized spacial score (nSPS) is 26.5. The van der Waals surface area contributed by atoms with Gasteiger partial charge in [-0.05, 0) is 25.0 Å². The van der Waals surface area contributed by atoms with E-state index in [0.29, 0.717) is 25.0 Å². The fourth-order valence-corrected chi connectivity index (χ4v) is 3.26. The molecule has 2 N–H and O–H groups in total. The Morgan fingerprint density at radius 1 is 1.36 bits per heavy atom. The third-order valence-electron chi connectivity index (χ3n) is 2.89. The first-order valence-corrected chi connectivity index (χ1v) is 6.57. The van der Waals surface area contributed by atoms with Crippen LogP contribution in [0.2, 0.25) is 0 Å². The Labute approximate surface area is 89.4 Å². The van der Waals surface area contributed by atoms with Crippen molar-refractivity contribution in [1.82, 2.24) is 4.90 Å². The van der Waals surface area contributed by atoms with Crippen molar-refractivity contribution in [3.8, 4) is 0 Å². The monoisotopic (exact) mass is 214 g/mol. The van der Waals surface area contributed by atoms with Gasteiger partial charge in [-0.2, -0.15) is 11.8 Å². The van der Waals surface area contributed by atoms with Crippen molar-refractivity contribution in [2.75, 3.05) is 18.1 Å². The van der Waals surface area contributed by atoms with E-state index >= 15 is 0 Å². The molecule has 14 heavy (non-hydrogen) atoms. The van der Waals surface area contributed by atoms with Gasteiger partial charge >= 0.3 is 0 Å². The summed E-state index contributed by atoms with van der Waals surface area (Å²) in [7, 11) is 0. The lowest BCUT2D eigenvalue weighted by molar-refractivity contribution is -0.133. The second-order valence-corrected chi connectivity index (χ2v) is 5.24. The molecular weight excluding hydrogens is 196 g/mol. The van der Waals surface area contributed by atoms with Crippen molar-refractivity contribution in [2.24, 2.45) is 5.73 Å². The number of hydrogen-bond donors (Lipinski definition) is 1. The fraction of sp³-hybridized carbons (Fsp3) is 0.900. The highest BCUT2D eigenvalue weighted by atomic mass is 32.2. The van der Waals surface area contributed by atoms with Gasteiger partial charge < -0.3 is 10.6 Å². The first-order valence-electron chi connectivity index (χ1n) is 5.42. The number of hydrogen-bond acceptors (Lipinski definition) is 3. The summed E-state index contributed by atoms with van der Waals surface area (Å²) < 4.78 is 0. The predicted octanol–water partition coefficient (Wildman–Crippen LogP) is 0.832. The lowest BCUT2D eigenvalue weighted by atomic mass is 10.2. The van der Waals surface area contributed by atoms with Crippen LogP contribution in [0, 0.1) is 0 Å². The first kappa shape index (κ1) is 10.3. The van der Waals surface area contributed by atoms with Crippen molar-refractivity contribution in [3.63, 3.8) is 0 Å². The molecule has 0 bridgehead atoms. The molecule has 2 aliphatic rings. The molecule has 1 amide bonds. The molecule has 1 atom stereocenters. The number of nitrogens with two attached hydrogens (primary N) is 1. The molecule has 0 unspecified atom stereocenters. The minimum absolute atomic E-state index is 0.280. The zero-order valence-corrected chi connectivity index (χ0v) is 9.26. The van der Waals surface area contributed by atoms with Crippen LogP contribution in [0.25, 0.3) is 0 Å². The van der Waals surface area contributed by atoms with Gasteiger partial charge in [-0.15, -0.1) is 0 Å². The second-order valence-electron chi connectivity index (χ2n) is 4.09. The van der Waals surface area contributed by atoms with E-state index in [9.17, 15) is 4.79 Å². The molecule has 1 heterocycles. The molecule has 1 saturated carbocycles. The molecule has 0 aromatic heterocycles. The molecule has 1 aliphatic carbocycles. The highest BCUT2D eigenvalue weighted by molar-refractivity contribution is 7.99. The van der Waals surface area contributed by atoms with Gasteiger partial charge in [-0.25, -0.2) is 0 Å². The van der Waals surface area contributed by atoms with Crippen LogP contribution in [0.4, 0.5) is 0 Å². The van der Waals surface area contributed by atoms with E-state index < -0.39 is 0 Å². The molecule has 80 valence electrons. The van der Waals surface area contributed by atoms with Crippen molar-refractivity contribution >= 4 is 17.7 Å². The standard InChI is InChI=1S/C10H18N2OS/c11-5-3-10(13)12(8-1-2-8)9-4-6-14-7-9/h8-9H,1-7,11H2/t9-/m0/s1. The number of thioether (sulfide) groups is 1. The molecule has 1 aliphatic heterocycles. The Kier molecular flexibility index (Phi) is 3.34. The molecule has 3 nitrogen and oxygen atoms in total. The van der Waals surface area contributed by atoms with Crippen molar-refractivity contribution in [1.29, 1.82) is 0 Å². The van der Waals surface area contributed by atoms with E-state index in [-0.39, 0.29) is 5.91 Å². The largest absolute Gasteiger partial charge is 0.336 e. The number of nitrogens with zero attached hydrogens (tertiary/aromatic N) is 1. The summed E-state index contributed by atoms with van der Waals surface area (Å²) in [4.78, 5) is 14.0. The third kappa shape index (κ3) is 2.23. The van der Waals surface area contributed by atoms with E-state index in [1.54, 1.807) is 0 Å². The quantitative estimate of drug-likeness (QED) is 0.754. The Balaban J connectivity index is 1.95. The number of amides is 1. The SMILES string of the molecule is NCCC(=O)N(C1CC1)[C@H]1CCSC1. The number of carbonyl (C=O) groups excluding carboxylic acids is 1. The Bertz CT molecular complexity index is 212. The average molecular weight is 214 g/mol. The van der Waals surface area contributed by atoms with Crippen LogP contribution in [0.1, 0.15) is 25.7 Å². The maximum Gasteiger partial charge on any atom is 0.224 e. The molecule has 1 saturated heterocycles. The maximum atomic E-state index is 11.8. The van der Waals surface area contributed by atoms with Crippen molar-refractivity contribution in [2.45, 2.75) is 37.8 Å². The molecule has 2 fully saturated rings. The van der Waals surface area contributed by atoms with Gasteiger partial charge in [0.1, 0.15) is 0 Å². The highest BCUT2D eigenvalue weighted by Gasteiger charge is 2.37. The van der Waals surface area contributed by atoms with E-state index in [1.165, 1.54) is 25.0 Å². The zero-order valence-electron chi connectivity index (χ0n) is 8.45. The second kappa shape index (κ2) is 4.53. The van der Waals surface area contributed by atoms with E-state index in [0.717, 1.165) is 5.75 Å². The van der Waals surface area contributed by atoms with Crippen LogP contribution in [0.15, 0.2) is 0 Å². The summed E-state index contributed by atoms with van der Waals surface area (Å²) in [5.74, 6) is 2.62. The minimum atomic E-state index is 0.280. The van der Waals surface area contributed by atoms with Gasteiger partial charge in [0.2, 0.25) is 5.91 Å². The predicted molar refractivity (Wildman–Crippen MR) is 59.3 cm³/mol. The van der Waals surface area contributed by atoms with Gasteiger partial charge in [-0.3, -0.25) is 4.79 Å². The summed E-state index contributed by atoms with van der Waals surface area (Å²) in [6.45, 7) is 0.488. The first-order chi connectivity index (χ1) is 6.83. The van der Waals surface area contributed by atoms with Gasteiger partial charge in [0.05, 0.1) is 0 Å². The van der Waals surface area contributed by atoms with E-state index in [4.69, 9.17) is 5.73 Å². The minimum Gasteiger partial charge on any atom is -0.336 e. The lowest BCUT2D eigenvalue weighted by Gasteiger charge is -2.28. The smallest absolute Gasteiger partial charge is 0.224 e. The number of carbonyl (C=O) groups is 1. The van der Waals surface area contributed by atoms with Crippen LogP contribution in [0.5, 0.6) is 0 Å². The average Bonchev–Trinajstić information content (AvgIpc) is 2.82. The van der Waals surface area contributed by atoms with Crippen LogP contribution < -0.4 is 5.73 Å². The molecule has 4 heteroatoms. The molecular formula is C10H18N2OS. The maximum absolute atomic E-state index is 11.8. The topological polar surface area (TPSA) is 46.3 Å². The lowest BCUT2D eigenvalue weighted by Crippen LogP contribution is -2.42. The molecule has 0 aromatic carbocycles. The zero-order chi connectivity index (χ0) is 9.97. The van der Waals surface area contributed by atoms with Gasteiger partial charge in [0, 0.05) is 30.8 Å². The van der Waals surface area contributed by atoms with Crippen LogP contribution in [-0.4, -0.2) is 40.9 Å². The van der Waals surface area contributed by atoms with Crippen LogP contribution >= 0.6 is 11.8 Å². The summed E-state index contributed by atoms with van der Waals surface area (Å²) >= 11 is 1.97. The third-order valence-corrected chi connectivity index (χ3v) is 4.03. The molecule has 2 rings (SSSR count). The Morgan fingerprint density at radius 2 is 2.14 bits per heavy atom. The van der Waals surface area contributed by atoms with Crippen LogP contribution in [-0.2, 0) is 4.79 Å².